The molecule has 5 heterocycles. The number of benzene rings is 1. The normalized spacial score (nSPS) is 16.6. The van der Waals surface area contributed by atoms with Gasteiger partial charge in [0.2, 0.25) is 5.91 Å². The van der Waals surface area contributed by atoms with Crippen LogP contribution in [0.1, 0.15) is 5.56 Å². The van der Waals surface area contributed by atoms with E-state index in [-0.39, 0.29) is 12.5 Å². The van der Waals surface area contributed by atoms with Gasteiger partial charge >= 0.3 is 0 Å². The molecule has 0 bridgehead atoms. The molecule has 2 aliphatic rings. The van der Waals surface area contributed by atoms with E-state index in [1.165, 1.54) is 5.56 Å². The van der Waals surface area contributed by atoms with Crippen LogP contribution >= 0.6 is 0 Å². The van der Waals surface area contributed by atoms with Gasteiger partial charge in [0.15, 0.2) is 11.5 Å². The van der Waals surface area contributed by atoms with Crippen molar-refractivity contribution in [1.82, 2.24) is 29.2 Å². The van der Waals surface area contributed by atoms with Crippen LogP contribution in [0.3, 0.4) is 0 Å². The van der Waals surface area contributed by atoms with Gasteiger partial charge < -0.3 is 23.8 Å². The first kappa shape index (κ1) is 22.7. The first-order chi connectivity index (χ1) is 17.7. The topological polar surface area (TPSA) is 90.5 Å². The van der Waals surface area contributed by atoms with Crippen LogP contribution in [0.15, 0.2) is 48.9 Å². The highest BCUT2D eigenvalue weighted by Crippen LogP contribution is 2.29. The molecule has 2 saturated heterocycles. The lowest BCUT2D eigenvalue weighted by molar-refractivity contribution is -0.135. The molecule has 0 atom stereocenters. The quantitative estimate of drug-likeness (QED) is 0.427. The zero-order chi connectivity index (χ0) is 24.5. The third-order valence-corrected chi connectivity index (χ3v) is 6.70. The van der Waals surface area contributed by atoms with Crippen molar-refractivity contribution in [3.05, 3.63) is 54.5 Å². The summed E-state index contributed by atoms with van der Waals surface area (Å²) in [5, 5.41) is 4.83. The number of ether oxygens (including phenoxy) is 2. The predicted molar refractivity (Wildman–Crippen MR) is 135 cm³/mol. The Bertz CT molecular complexity index is 1380. The summed E-state index contributed by atoms with van der Waals surface area (Å²) in [4.78, 5) is 26.7. The standard InChI is InChI=1S/C26H29N7O3/c1-19-3-2-4-20(15-19)21-5-6-33(29-21)23-16-22(30-7-11-35-12-8-30)25-26(28-23)32(18-27-25)17-24(34)31-9-13-36-14-10-31/h2-6,15-16,18H,7-14,17H2,1H3. The minimum Gasteiger partial charge on any atom is -0.378 e. The largest absolute Gasteiger partial charge is 0.378 e. The summed E-state index contributed by atoms with van der Waals surface area (Å²) in [6.45, 7) is 7.48. The highest BCUT2D eigenvalue weighted by molar-refractivity contribution is 5.89. The molecular formula is C26H29N7O3. The molecule has 2 fully saturated rings. The van der Waals surface area contributed by atoms with Crippen molar-refractivity contribution in [3.8, 4) is 17.1 Å². The molecule has 0 radical (unpaired) electrons. The number of amides is 1. The Morgan fingerprint density at radius 2 is 1.78 bits per heavy atom. The van der Waals surface area contributed by atoms with Crippen molar-refractivity contribution in [2.75, 3.05) is 57.5 Å². The van der Waals surface area contributed by atoms with Gasteiger partial charge in [-0.15, -0.1) is 0 Å². The third kappa shape index (κ3) is 4.45. The Morgan fingerprint density at radius 3 is 2.56 bits per heavy atom. The van der Waals surface area contributed by atoms with Gasteiger partial charge in [0.05, 0.1) is 44.1 Å². The number of nitrogens with zero attached hydrogens (tertiary/aromatic N) is 7. The zero-order valence-electron chi connectivity index (χ0n) is 20.3. The monoisotopic (exact) mass is 487 g/mol. The van der Waals surface area contributed by atoms with Crippen LogP contribution in [0, 0.1) is 6.92 Å². The van der Waals surface area contributed by atoms with E-state index in [2.05, 4.69) is 35.0 Å². The Hall–Kier alpha value is -3.76. The lowest BCUT2D eigenvalue weighted by Crippen LogP contribution is -2.42. The van der Waals surface area contributed by atoms with E-state index in [9.17, 15) is 4.79 Å². The Morgan fingerprint density at radius 1 is 1.00 bits per heavy atom. The molecule has 0 N–H and O–H groups in total. The number of morpholine rings is 2. The fourth-order valence-electron chi connectivity index (χ4n) is 4.75. The van der Waals surface area contributed by atoms with Gasteiger partial charge in [-0.25, -0.2) is 14.6 Å². The summed E-state index contributed by atoms with van der Waals surface area (Å²) in [5.74, 6) is 0.724. The number of anilines is 1. The van der Waals surface area contributed by atoms with E-state index in [1.807, 2.05) is 33.9 Å². The van der Waals surface area contributed by atoms with Crippen LogP contribution in [-0.2, 0) is 20.8 Å². The minimum atomic E-state index is 0.0403. The third-order valence-electron chi connectivity index (χ3n) is 6.70. The second kappa shape index (κ2) is 9.71. The van der Waals surface area contributed by atoms with Crippen LogP contribution in [0.25, 0.3) is 28.2 Å². The van der Waals surface area contributed by atoms with Crippen molar-refractivity contribution in [2.24, 2.45) is 0 Å². The number of rotatable bonds is 5. The van der Waals surface area contributed by atoms with Crippen LogP contribution in [0.5, 0.6) is 0 Å². The first-order valence-electron chi connectivity index (χ1n) is 12.3. The number of carbonyl (C=O) groups excluding carboxylic acids is 1. The Labute approximate surface area is 209 Å². The number of aromatic nitrogens is 5. The molecule has 0 aliphatic carbocycles. The number of pyridine rings is 1. The van der Waals surface area contributed by atoms with Gasteiger partial charge in [-0.1, -0.05) is 23.8 Å². The predicted octanol–water partition coefficient (Wildman–Crippen LogP) is 2.29. The molecule has 2 aliphatic heterocycles. The molecule has 3 aromatic heterocycles. The molecule has 0 saturated carbocycles. The minimum absolute atomic E-state index is 0.0403. The van der Waals surface area contributed by atoms with Gasteiger partial charge in [0, 0.05) is 44.0 Å². The maximum absolute atomic E-state index is 13.0. The molecule has 1 amide bonds. The molecule has 6 rings (SSSR count). The summed E-state index contributed by atoms with van der Waals surface area (Å²) in [6, 6.07) is 12.3. The van der Waals surface area contributed by atoms with Crippen LogP contribution < -0.4 is 4.90 Å². The number of carbonyl (C=O) groups is 1. The molecule has 36 heavy (non-hydrogen) atoms. The van der Waals surface area contributed by atoms with E-state index in [1.54, 1.807) is 11.0 Å². The fourth-order valence-corrected chi connectivity index (χ4v) is 4.75. The van der Waals surface area contributed by atoms with Gasteiger partial charge in [0.25, 0.3) is 0 Å². The fraction of sp³-hybridized carbons (Fsp3) is 0.385. The number of fused-ring (bicyclic) bond motifs is 1. The van der Waals surface area contributed by atoms with E-state index >= 15 is 0 Å². The molecule has 1 aromatic carbocycles. The second-order valence-electron chi connectivity index (χ2n) is 9.15. The van der Waals surface area contributed by atoms with Crippen LogP contribution in [-0.4, -0.2) is 87.7 Å². The molecule has 10 heteroatoms. The smallest absolute Gasteiger partial charge is 0.242 e. The number of hydrogen-bond acceptors (Lipinski definition) is 7. The maximum Gasteiger partial charge on any atom is 0.242 e. The van der Waals surface area contributed by atoms with Crippen molar-refractivity contribution in [3.63, 3.8) is 0 Å². The average Bonchev–Trinajstić information content (AvgIpc) is 3.57. The molecule has 186 valence electrons. The van der Waals surface area contributed by atoms with Crippen molar-refractivity contribution >= 4 is 22.8 Å². The number of hydrogen-bond donors (Lipinski definition) is 0. The highest BCUT2D eigenvalue weighted by Gasteiger charge is 2.22. The number of aryl methyl sites for hydroxylation is 1. The molecule has 0 spiro atoms. The summed E-state index contributed by atoms with van der Waals surface area (Å²) in [7, 11) is 0. The average molecular weight is 488 g/mol. The number of imidazole rings is 1. The van der Waals surface area contributed by atoms with Gasteiger partial charge in [0.1, 0.15) is 12.1 Å². The van der Waals surface area contributed by atoms with Crippen molar-refractivity contribution in [1.29, 1.82) is 0 Å². The highest BCUT2D eigenvalue weighted by atomic mass is 16.5. The van der Waals surface area contributed by atoms with Crippen molar-refractivity contribution in [2.45, 2.75) is 13.5 Å². The summed E-state index contributed by atoms with van der Waals surface area (Å²) in [5.41, 5.74) is 5.55. The lowest BCUT2D eigenvalue weighted by atomic mass is 10.1. The SMILES string of the molecule is Cc1cccc(-c2ccn(-c3cc(N4CCOCC4)c4ncn(CC(=O)N5CCOCC5)c4n3)n2)c1. The van der Waals surface area contributed by atoms with E-state index in [0.717, 1.165) is 35.6 Å². The second-order valence-corrected chi connectivity index (χ2v) is 9.15. The first-order valence-corrected chi connectivity index (χ1v) is 12.3. The van der Waals surface area contributed by atoms with E-state index in [0.29, 0.717) is 51.0 Å². The van der Waals surface area contributed by atoms with Crippen LogP contribution in [0.4, 0.5) is 5.69 Å². The molecule has 0 unspecified atom stereocenters. The molecule has 4 aromatic rings. The van der Waals surface area contributed by atoms with E-state index in [4.69, 9.17) is 19.6 Å². The van der Waals surface area contributed by atoms with Crippen LogP contribution in [0.2, 0.25) is 0 Å². The summed E-state index contributed by atoms with van der Waals surface area (Å²) < 4.78 is 14.6. The van der Waals surface area contributed by atoms with E-state index < -0.39 is 0 Å². The van der Waals surface area contributed by atoms with Crippen molar-refractivity contribution < 1.29 is 14.3 Å². The maximum atomic E-state index is 13.0. The van der Waals surface area contributed by atoms with Gasteiger partial charge in [-0.05, 0) is 19.1 Å². The Balaban J connectivity index is 1.39. The summed E-state index contributed by atoms with van der Waals surface area (Å²) >= 11 is 0. The van der Waals surface area contributed by atoms with Gasteiger partial charge in [-0.3, -0.25) is 4.79 Å². The lowest BCUT2D eigenvalue weighted by Gasteiger charge is -2.29. The molecular weight excluding hydrogens is 458 g/mol. The Kier molecular flexibility index (Phi) is 6.12. The molecule has 10 nitrogen and oxygen atoms in total. The zero-order valence-corrected chi connectivity index (χ0v) is 20.3. The summed E-state index contributed by atoms with van der Waals surface area (Å²) in [6.07, 6.45) is 3.64. The van der Waals surface area contributed by atoms with Gasteiger partial charge in [-0.2, -0.15) is 5.10 Å².